The van der Waals surface area contributed by atoms with Gasteiger partial charge in [0.1, 0.15) is 0 Å². The molecule has 1 spiro atoms. The lowest BCUT2D eigenvalue weighted by molar-refractivity contribution is 0.0494. The number of hydrogen-bond acceptors (Lipinski definition) is 3. The molecule has 2 aromatic rings. The first-order valence-corrected chi connectivity index (χ1v) is 9.69. The molecular formula is C22H30N2O. The van der Waals surface area contributed by atoms with Gasteiger partial charge in [-0.1, -0.05) is 42.5 Å². The Morgan fingerprint density at radius 1 is 1.04 bits per heavy atom. The minimum absolute atomic E-state index is 0.282. The summed E-state index contributed by atoms with van der Waals surface area (Å²) in [6.45, 7) is 5.56. The van der Waals surface area contributed by atoms with Crippen LogP contribution in [0.15, 0.2) is 42.5 Å². The highest BCUT2D eigenvalue weighted by molar-refractivity contribution is 5.82. The summed E-state index contributed by atoms with van der Waals surface area (Å²) in [6, 6.07) is 15.0. The minimum Gasteiger partial charge on any atom is -0.391 e. The fourth-order valence-electron chi connectivity index (χ4n) is 4.96. The van der Waals surface area contributed by atoms with Crippen molar-refractivity contribution >= 4 is 10.8 Å². The highest BCUT2D eigenvalue weighted by Gasteiger charge is 2.40. The number of aliphatic hydroxyl groups is 1. The van der Waals surface area contributed by atoms with Gasteiger partial charge in [0.2, 0.25) is 0 Å². The van der Waals surface area contributed by atoms with Crippen LogP contribution in [0.5, 0.6) is 0 Å². The van der Waals surface area contributed by atoms with Crippen LogP contribution in [0, 0.1) is 5.41 Å². The molecule has 0 radical (unpaired) electrons. The Bertz CT molecular complexity index is 727. The maximum Gasteiger partial charge on any atom is 0.0707 e. The Kier molecular flexibility index (Phi) is 4.81. The third kappa shape index (κ3) is 3.89. The van der Waals surface area contributed by atoms with Gasteiger partial charge in [-0.2, -0.15) is 0 Å². The zero-order chi connectivity index (χ0) is 17.3. The van der Waals surface area contributed by atoms with Crippen LogP contribution in [-0.4, -0.2) is 60.8 Å². The molecule has 3 heteroatoms. The number of likely N-dealkylation sites (tertiary alicyclic amines) is 2. The first kappa shape index (κ1) is 17.0. The van der Waals surface area contributed by atoms with Gasteiger partial charge < -0.3 is 14.9 Å². The summed E-state index contributed by atoms with van der Waals surface area (Å²) < 4.78 is 0. The first-order chi connectivity index (χ1) is 12.1. The molecule has 25 heavy (non-hydrogen) atoms. The van der Waals surface area contributed by atoms with E-state index in [4.69, 9.17) is 0 Å². The number of hydrogen-bond donors (Lipinski definition) is 1. The fourth-order valence-corrected chi connectivity index (χ4v) is 4.96. The molecule has 0 amide bonds. The Morgan fingerprint density at radius 2 is 1.88 bits per heavy atom. The van der Waals surface area contributed by atoms with Crippen molar-refractivity contribution in [1.29, 1.82) is 0 Å². The van der Waals surface area contributed by atoms with E-state index in [1.807, 2.05) is 0 Å². The van der Waals surface area contributed by atoms with Crippen molar-refractivity contribution < 1.29 is 5.11 Å². The van der Waals surface area contributed by atoms with Crippen molar-refractivity contribution in [3.8, 4) is 0 Å². The molecule has 2 atom stereocenters. The molecule has 4 rings (SSSR count). The van der Waals surface area contributed by atoms with E-state index >= 15 is 0 Å². The summed E-state index contributed by atoms with van der Waals surface area (Å²) in [4.78, 5) is 4.98. The van der Waals surface area contributed by atoms with Gasteiger partial charge in [0.25, 0.3) is 0 Å². The Labute approximate surface area is 151 Å². The van der Waals surface area contributed by atoms with Crippen LogP contribution in [0.3, 0.4) is 0 Å². The monoisotopic (exact) mass is 338 g/mol. The summed E-state index contributed by atoms with van der Waals surface area (Å²) in [5.74, 6) is 0. The molecule has 3 nitrogen and oxygen atoms in total. The molecule has 2 fully saturated rings. The van der Waals surface area contributed by atoms with Gasteiger partial charge in [0, 0.05) is 19.6 Å². The molecule has 1 N–H and O–H groups in total. The van der Waals surface area contributed by atoms with Gasteiger partial charge in [-0.3, -0.25) is 0 Å². The molecule has 134 valence electrons. The third-order valence-electron chi connectivity index (χ3n) is 6.12. The number of rotatable bonds is 4. The minimum atomic E-state index is -0.282. The van der Waals surface area contributed by atoms with Crippen molar-refractivity contribution in [2.75, 3.05) is 39.8 Å². The van der Waals surface area contributed by atoms with Crippen molar-refractivity contribution in [1.82, 2.24) is 9.80 Å². The molecule has 0 bridgehead atoms. The first-order valence-electron chi connectivity index (χ1n) is 9.69. The van der Waals surface area contributed by atoms with Crippen LogP contribution < -0.4 is 0 Å². The molecule has 0 aliphatic carbocycles. The zero-order valence-corrected chi connectivity index (χ0v) is 15.3. The smallest absolute Gasteiger partial charge is 0.0707 e. The largest absolute Gasteiger partial charge is 0.391 e. The summed E-state index contributed by atoms with van der Waals surface area (Å²) >= 11 is 0. The lowest BCUT2D eigenvalue weighted by atomic mass is 9.79. The number of nitrogens with zero attached hydrogens (tertiary/aromatic N) is 2. The zero-order valence-electron chi connectivity index (χ0n) is 15.3. The average molecular weight is 338 g/mol. The van der Waals surface area contributed by atoms with E-state index in [1.54, 1.807) is 0 Å². The number of fused-ring (bicyclic) bond motifs is 1. The molecule has 2 heterocycles. The van der Waals surface area contributed by atoms with Gasteiger partial charge in [0.05, 0.1) is 6.10 Å². The molecule has 0 aromatic heterocycles. The second-order valence-electron chi connectivity index (χ2n) is 8.37. The van der Waals surface area contributed by atoms with Gasteiger partial charge in [-0.05, 0) is 67.6 Å². The summed E-state index contributed by atoms with van der Waals surface area (Å²) in [5.41, 5.74) is 1.72. The van der Waals surface area contributed by atoms with Gasteiger partial charge in [-0.25, -0.2) is 0 Å². The van der Waals surface area contributed by atoms with Crippen LogP contribution in [0.25, 0.3) is 10.8 Å². The highest BCUT2D eigenvalue weighted by atomic mass is 16.3. The Hall–Kier alpha value is -1.42. The molecular weight excluding hydrogens is 308 g/mol. The summed E-state index contributed by atoms with van der Waals surface area (Å²) in [5, 5.41) is 13.2. The number of benzene rings is 2. The van der Waals surface area contributed by atoms with E-state index in [1.165, 1.54) is 48.7 Å². The molecule has 2 unspecified atom stereocenters. The van der Waals surface area contributed by atoms with Gasteiger partial charge >= 0.3 is 0 Å². The standard InChI is InChI=1S/C22H30N2O/c1-23-12-10-22(16-23)9-4-11-24(17-22)15-21(25)14-18-7-8-19-5-2-3-6-20(19)13-18/h2-3,5-8,13,21,25H,4,9-12,14-17H2,1H3. The third-order valence-corrected chi connectivity index (χ3v) is 6.12. The molecule has 2 saturated heterocycles. The van der Waals surface area contributed by atoms with Crippen LogP contribution >= 0.6 is 0 Å². The highest BCUT2D eigenvalue weighted by Crippen LogP contribution is 2.38. The Morgan fingerprint density at radius 3 is 2.68 bits per heavy atom. The van der Waals surface area contributed by atoms with E-state index in [9.17, 15) is 5.11 Å². The number of aliphatic hydroxyl groups excluding tert-OH is 1. The van der Waals surface area contributed by atoms with Crippen LogP contribution in [0.4, 0.5) is 0 Å². The average Bonchev–Trinajstić information content (AvgIpc) is 2.94. The maximum atomic E-state index is 10.7. The van der Waals surface area contributed by atoms with Gasteiger partial charge in [0.15, 0.2) is 0 Å². The second-order valence-corrected chi connectivity index (χ2v) is 8.37. The lowest BCUT2D eigenvalue weighted by Gasteiger charge is -2.41. The topological polar surface area (TPSA) is 26.7 Å². The fraction of sp³-hybridized carbons (Fsp3) is 0.545. The van der Waals surface area contributed by atoms with Crippen molar-refractivity contribution in [2.24, 2.45) is 5.41 Å². The molecule has 2 aromatic carbocycles. The van der Waals surface area contributed by atoms with E-state index in [0.717, 1.165) is 26.1 Å². The molecule has 0 saturated carbocycles. The maximum absolute atomic E-state index is 10.7. The summed E-state index contributed by atoms with van der Waals surface area (Å²) in [7, 11) is 2.24. The number of β-amino-alcohol motifs (C(OH)–C–C–N with tert-alkyl or cyclic N) is 1. The second kappa shape index (κ2) is 7.06. The predicted octanol–water partition coefficient (Wildman–Crippen LogP) is 3.16. The van der Waals surface area contributed by atoms with E-state index in [0.29, 0.717) is 5.41 Å². The van der Waals surface area contributed by atoms with E-state index < -0.39 is 0 Å². The predicted molar refractivity (Wildman–Crippen MR) is 104 cm³/mol. The lowest BCUT2D eigenvalue weighted by Crippen LogP contribution is -2.47. The van der Waals surface area contributed by atoms with E-state index in [-0.39, 0.29) is 6.10 Å². The van der Waals surface area contributed by atoms with E-state index in [2.05, 4.69) is 59.3 Å². The van der Waals surface area contributed by atoms with Crippen LogP contribution in [0.1, 0.15) is 24.8 Å². The number of piperidine rings is 1. The normalized spacial score (nSPS) is 26.5. The van der Waals surface area contributed by atoms with Crippen LogP contribution in [0.2, 0.25) is 0 Å². The quantitative estimate of drug-likeness (QED) is 0.928. The molecule has 2 aliphatic rings. The van der Waals surface area contributed by atoms with Gasteiger partial charge in [-0.15, -0.1) is 0 Å². The van der Waals surface area contributed by atoms with Crippen molar-refractivity contribution in [2.45, 2.75) is 31.8 Å². The Balaban J connectivity index is 1.37. The summed E-state index contributed by atoms with van der Waals surface area (Å²) in [6.07, 6.45) is 4.41. The van der Waals surface area contributed by atoms with Crippen molar-refractivity contribution in [3.63, 3.8) is 0 Å². The van der Waals surface area contributed by atoms with Crippen molar-refractivity contribution in [3.05, 3.63) is 48.0 Å². The molecule has 2 aliphatic heterocycles. The van der Waals surface area contributed by atoms with Crippen LogP contribution in [-0.2, 0) is 6.42 Å². The SMILES string of the molecule is CN1CCC2(CCCN(CC(O)Cc3ccc4ccccc4c3)C2)C1.